The lowest BCUT2D eigenvalue weighted by molar-refractivity contribution is -0.132. The maximum absolute atomic E-state index is 13.5. The number of rotatable bonds is 7. The van der Waals surface area contributed by atoms with Crippen LogP contribution in [-0.4, -0.2) is 24.3 Å². The molecule has 0 unspecified atom stereocenters. The summed E-state index contributed by atoms with van der Waals surface area (Å²) in [7, 11) is 1.54. The average Bonchev–Trinajstić information content (AvgIpc) is 2.61. The Kier molecular flexibility index (Phi) is 7.11. The Labute approximate surface area is 155 Å². The Hall–Kier alpha value is -1.76. The van der Waals surface area contributed by atoms with Crippen molar-refractivity contribution in [3.63, 3.8) is 0 Å². The third kappa shape index (κ3) is 5.36. The largest absolute Gasteiger partial charge is 0.380 e. The first-order valence-electron chi connectivity index (χ1n) is 7.90. The number of halogens is 2. The molecule has 0 aliphatic heterocycles. The molecule has 0 saturated carbocycles. The highest BCUT2D eigenvalue weighted by molar-refractivity contribution is 9.10. The van der Waals surface area contributed by atoms with Crippen molar-refractivity contribution < 1.29 is 19.1 Å². The number of hydrogen-bond donors (Lipinski definition) is 2. The van der Waals surface area contributed by atoms with Crippen LogP contribution in [0.2, 0.25) is 0 Å². The zero-order chi connectivity index (χ0) is 18.4. The van der Waals surface area contributed by atoms with Crippen molar-refractivity contribution in [1.82, 2.24) is 5.48 Å². The Bertz CT molecular complexity index is 721. The summed E-state index contributed by atoms with van der Waals surface area (Å²) in [5, 5.41) is 8.82. The van der Waals surface area contributed by atoms with Crippen molar-refractivity contribution in [2.75, 3.05) is 7.11 Å². The van der Waals surface area contributed by atoms with E-state index in [0.717, 1.165) is 15.6 Å². The first-order chi connectivity index (χ1) is 11.9. The molecule has 1 amide bonds. The number of methoxy groups -OCH3 is 1. The van der Waals surface area contributed by atoms with E-state index in [1.807, 2.05) is 24.3 Å². The average molecular weight is 410 g/mol. The van der Waals surface area contributed by atoms with E-state index in [1.54, 1.807) is 24.5 Å². The number of benzene rings is 2. The number of carbonyl (C=O) groups excluding carboxylic acids is 1. The van der Waals surface area contributed by atoms with Gasteiger partial charge in [0.25, 0.3) is 0 Å². The van der Waals surface area contributed by atoms with E-state index in [4.69, 9.17) is 9.94 Å². The molecule has 0 aliphatic carbocycles. The van der Waals surface area contributed by atoms with E-state index in [0.29, 0.717) is 12.0 Å². The minimum Gasteiger partial charge on any atom is -0.380 e. The summed E-state index contributed by atoms with van der Waals surface area (Å²) in [5.74, 6) is -0.878. The molecule has 0 radical (unpaired) electrons. The summed E-state index contributed by atoms with van der Waals surface area (Å²) in [6.45, 7) is 1.72. The number of hydroxylamine groups is 1. The van der Waals surface area contributed by atoms with Gasteiger partial charge in [-0.05, 0) is 48.2 Å². The van der Waals surface area contributed by atoms with Crippen LogP contribution in [0, 0.1) is 12.7 Å². The summed E-state index contributed by atoms with van der Waals surface area (Å²) in [5.41, 5.74) is 4.19. The number of amides is 1. The lowest BCUT2D eigenvalue weighted by atomic mass is 9.85. The topological polar surface area (TPSA) is 58.6 Å². The molecule has 2 aromatic carbocycles. The normalized spacial score (nSPS) is 13.3. The molecule has 0 spiro atoms. The highest BCUT2D eigenvalue weighted by Gasteiger charge is 2.26. The van der Waals surface area contributed by atoms with E-state index >= 15 is 0 Å². The quantitative estimate of drug-likeness (QED) is 0.533. The summed E-state index contributed by atoms with van der Waals surface area (Å²) in [4.78, 5) is 11.6. The van der Waals surface area contributed by atoms with E-state index < -0.39 is 12.0 Å². The van der Waals surface area contributed by atoms with Crippen molar-refractivity contribution in [3.05, 3.63) is 69.4 Å². The zero-order valence-corrected chi connectivity index (χ0v) is 15.7. The predicted molar refractivity (Wildman–Crippen MR) is 97.1 cm³/mol. The second-order valence-electron chi connectivity index (χ2n) is 5.96. The molecule has 0 fully saturated rings. The second kappa shape index (κ2) is 9.08. The van der Waals surface area contributed by atoms with Gasteiger partial charge >= 0.3 is 0 Å². The van der Waals surface area contributed by atoms with Gasteiger partial charge in [-0.2, -0.15) is 0 Å². The van der Waals surface area contributed by atoms with Crippen LogP contribution in [0.4, 0.5) is 4.39 Å². The highest BCUT2D eigenvalue weighted by atomic mass is 79.9. The van der Waals surface area contributed by atoms with Gasteiger partial charge in [0.05, 0.1) is 12.5 Å². The molecule has 0 saturated heterocycles. The fourth-order valence-corrected chi connectivity index (χ4v) is 3.14. The Morgan fingerprint density at radius 3 is 2.52 bits per heavy atom. The van der Waals surface area contributed by atoms with E-state index in [2.05, 4.69) is 15.9 Å². The molecule has 0 aromatic heterocycles. The maximum atomic E-state index is 13.5. The van der Waals surface area contributed by atoms with E-state index in [-0.39, 0.29) is 18.2 Å². The van der Waals surface area contributed by atoms with Gasteiger partial charge in [0.15, 0.2) is 0 Å². The zero-order valence-electron chi connectivity index (χ0n) is 14.1. The minimum atomic E-state index is -0.510. The first-order valence-corrected chi connectivity index (χ1v) is 8.70. The third-order valence-electron chi connectivity index (χ3n) is 4.24. The molecule has 2 aromatic rings. The molecule has 4 nitrogen and oxygen atoms in total. The molecular formula is C19H21BrFNO3. The van der Waals surface area contributed by atoms with Crippen LogP contribution in [-0.2, 0) is 16.0 Å². The van der Waals surface area contributed by atoms with Crippen LogP contribution in [0.25, 0.3) is 0 Å². The Balaban J connectivity index is 2.34. The van der Waals surface area contributed by atoms with Crippen molar-refractivity contribution in [2.45, 2.75) is 31.8 Å². The van der Waals surface area contributed by atoms with Crippen molar-refractivity contribution in [3.8, 4) is 0 Å². The van der Waals surface area contributed by atoms with Gasteiger partial charge in [0.2, 0.25) is 5.91 Å². The monoisotopic (exact) mass is 409 g/mol. The SMILES string of the molecule is CO[C@H](CC(=O)NO)[C@H](Cc1ccc(F)c(C)c1)c1ccc(Br)cc1. The maximum Gasteiger partial charge on any atom is 0.245 e. The molecule has 134 valence electrons. The van der Waals surface area contributed by atoms with Gasteiger partial charge in [-0.15, -0.1) is 0 Å². The van der Waals surface area contributed by atoms with Crippen molar-refractivity contribution in [1.29, 1.82) is 0 Å². The summed E-state index contributed by atoms with van der Waals surface area (Å²) in [6, 6.07) is 12.8. The summed E-state index contributed by atoms with van der Waals surface area (Å²) < 4.78 is 20.0. The molecule has 6 heteroatoms. The second-order valence-corrected chi connectivity index (χ2v) is 6.87. The number of carbonyl (C=O) groups is 1. The lowest BCUT2D eigenvalue weighted by Crippen LogP contribution is -2.31. The standard InChI is InChI=1S/C19H21BrFNO3/c1-12-9-13(3-8-17(12)21)10-16(14-4-6-15(20)7-5-14)18(25-2)11-19(23)22-24/h3-9,16,18,24H,10-11H2,1-2H3,(H,22,23)/t16-,18-/m1/s1. The lowest BCUT2D eigenvalue weighted by Gasteiger charge is -2.26. The number of nitrogens with one attached hydrogen (secondary N) is 1. The van der Waals surface area contributed by atoms with Crippen molar-refractivity contribution in [2.24, 2.45) is 0 Å². The summed E-state index contributed by atoms with van der Waals surface area (Å²) >= 11 is 3.41. The smallest absolute Gasteiger partial charge is 0.245 e. The third-order valence-corrected chi connectivity index (χ3v) is 4.77. The van der Waals surface area contributed by atoms with Crippen LogP contribution in [0.15, 0.2) is 46.9 Å². The van der Waals surface area contributed by atoms with Gasteiger partial charge in [0.1, 0.15) is 5.82 Å². The number of hydrogen-bond acceptors (Lipinski definition) is 3. The van der Waals surface area contributed by atoms with Crippen LogP contribution in [0.3, 0.4) is 0 Å². The van der Waals surface area contributed by atoms with E-state index in [1.165, 1.54) is 13.2 Å². The molecule has 2 atom stereocenters. The molecule has 2 N–H and O–H groups in total. The fourth-order valence-electron chi connectivity index (χ4n) is 2.88. The highest BCUT2D eigenvalue weighted by Crippen LogP contribution is 2.29. The molecule has 0 aliphatic rings. The van der Waals surface area contributed by atoms with Crippen molar-refractivity contribution >= 4 is 21.8 Å². The summed E-state index contributed by atoms with van der Waals surface area (Å²) in [6.07, 6.45) is 0.173. The molecule has 2 rings (SSSR count). The molecule has 0 heterocycles. The molecular weight excluding hydrogens is 389 g/mol. The predicted octanol–water partition coefficient (Wildman–Crippen LogP) is 4.13. The Morgan fingerprint density at radius 1 is 1.28 bits per heavy atom. The Morgan fingerprint density at radius 2 is 1.96 bits per heavy atom. The number of ether oxygens (including phenoxy) is 1. The van der Waals surface area contributed by atoms with Crippen LogP contribution in [0.5, 0.6) is 0 Å². The van der Waals surface area contributed by atoms with Gasteiger partial charge in [-0.1, -0.05) is 40.2 Å². The first kappa shape index (κ1) is 19.6. The van der Waals surface area contributed by atoms with Crippen LogP contribution >= 0.6 is 15.9 Å². The molecule has 25 heavy (non-hydrogen) atoms. The van der Waals surface area contributed by atoms with Crippen LogP contribution < -0.4 is 5.48 Å². The van der Waals surface area contributed by atoms with E-state index in [9.17, 15) is 9.18 Å². The molecule has 0 bridgehead atoms. The van der Waals surface area contributed by atoms with Gasteiger partial charge in [-0.3, -0.25) is 10.0 Å². The van der Waals surface area contributed by atoms with Crippen LogP contribution in [0.1, 0.15) is 29.0 Å². The fraction of sp³-hybridized carbons (Fsp3) is 0.316. The minimum absolute atomic E-state index is 0.0217. The van der Waals surface area contributed by atoms with Gasteiger partial charge < -0.3 is 4.74 Å². The van der Waals surface area contributed by atoms with Gasteiger partial charge in [0, 0.05) is 17.5 Å². The number of aryl methyl sites for hydroxylation is 1. The van der Waals surface area contributed by atoms with Gasteiger partial charge in [-0.25, -0.2) is 9.87 Å².